The molecule has 0 fully saturated rings. The van der Waals surface area contributed by atoms with Gasteiger partial charge in [-0.1, -0.05) is 41.9 Å². The van der Waals surface area contributed by atoms with E-state index in [1.165, 1.54) is 5.56 Å². The van der Waals surface area contributed by atoms with E-state index >= 15 is 0 Å². The van der Waals surface area contributed by atoms with Gasteiger partial charge in [-0.3, -0.25) is 4.57 Å². The van der Waals surface area contributed by atoms with Crippen molar-refractivity contribution in [2.75, 3.05) is 0 Å². The number of rotatable bonds is 2. The fourth-order valence-corrected chi connectivity index (χ4v) is 2.37. The summed E-state index contributed by atoms with van der Waals surface area (Å²) in [6, 6.07) is 15.6. The van der Waals surface area contributed by atoms with Gasteiger partial charge in [0.05, 0.1) is 12.1 Å². The zero-order valence-corrected chi connectivity index (χ0v) is 11.0. The predicted molar refractivity (Wildman–Crippen MR) is 75.6 cm³/mol. The molecule has 0 radical (unpaired) electrons. The lowest BCUT2D eigenvalue weighted by atomic mass is 10.2. The molecule has 0 aliphatic carbocycles. The van der Waals surface area contributed by atoms with E-state index in [1.807, 2.05) is 34.9 Å². The maximum absolute atomic E-state index is 6.01. The minimum Gasteiger partial charge on any atom is -0.429 e. The first-order chi connectivity index (χ1) is 8.74. The van der Waals surface area contributed by atoms with Crippen molar-refractivity contribution in [2.24, 2.45) is 0 Å². The summed E-state index contributed by atoms with van der Waals surface area (Å²) in [5.41, 5.74) is 2.87. The average molecular weight is 276 g/mol. The molecule has 4 heteroatoms. The highest BCUT2D eigenvalue weighted by molar-refractivity contribution is 7.71. The number of oxazole rings is 1. The van der Waals surface area contributed by atoms with Crippen LogP contribution in [0.15, 0.2) is 52.9 Å². The van der Waals surface area contributed by atoms with Crippen LogP contribution in [-0.4, -0.2) is 4.57 Å². The smallest absolute Gasteiger partial charge is 0.269 e. The van der Waals surface area contributed by atoms with Gasteiger partial charge in [0.1, 0.15) is 0 Å². The highest BCUT2D eigenvalue weighted by Gasteiger charge is 2.07. The Balaban J connectivity index is 2.14. The second kappa shape index (κ2) is 4.59. The number of fused-ring (bicyclic) bond motifs is 1. The summed E-state index contributed by atoms with van der Waals surface area (Å²) >= 11 is 11.3. The topological polar surface area (TPSA) is 18.1 Å². The van der Waals surface area contributed by atoms with Gasteiger partial charge < -0.3 is 4.42 Å². The third kappa shape index (κ3) is 2.07. The van der Waals surface area contributed by atoms with Crippen LogP contribution >= 0.6 is 23.8 Å². The summed E-state index contributed by atoms with van der Waals surface area (Å²) in [5.74, 6) is 0. The third-order valence-electron chi connectivity index (χ3n) is 2.81. The number of benzene rings is 2. The first-order valence-corrected chi connectivity index (χ1v) is 6.35. The summed E-state index contributed by atoms with van der Waals surface area (Å²) in [4.78, 5) is 0.469. The lowest BCUT2D eigenvalue weighted by Gasteiger charge is -2.03. The first-order valence-electron chi connectivity index (χ1n) is 5.57. The van der Waals surface area contributed by atoms with Crippen LogP contribution in [0.1, 0.15) is 5.56 Å². The molecule has 0 unspecified atom stereocenters. The fourth-order valence-electron chi connectivity index (χ4n) is 1.95. The molecule has 0 saturated heterocycles. The van der Waals surface area contributed by atoms with Gasteiger partial charge in [0.25, 0.3) is 4.84 Å². The van der Waals surface area contributed by atoms with Gasteiger partial charge in [-0.05, 0) is 36.0 Å². The lowest BCUT2D eigenvalue weighted by Crippen LogP contribution is -1.98. The molecule has 1 aromatic heterocycles. The third-order valence-corrected chi connectivity index (χ3v) is 3.35. The fraction of sp³-hybridized carbons (Fsp3) is 0.0714. The van der Waals surface area contributed by atoms with Gasteiger partial charge in [-0.15, -0.1) is 0 Å². The number of hydrogen-bond acceptors (Lipinski definition) is 2. The molecular formula is C14H10ClNOS. The van der Waals surface area contributed by atoms with Gasteiger partial charge in [0, 0.05) is 5.02 Å². The molecule has 0 spiro atoms. The van der Waals surface area contributed by atoms with Crippen LogP contribution in [0.5, 0.6) is 0 Å². The van der Waals surface area contributed by atoms with E-state index in [9.17, 15) is 0 Å². The Kier molecular flexibility index (Phi) is 2.94. The van der Waals surface area contributed by atoms with Gasteiger partial charge in [0.2, 0.25) is 0 Å². The molecule has 18 heavy (non-hydrogen) atoms. The monoisotopic (exact) mass is 275 g/mol. The van der Waals surface area contributed by atoms with Crippen LogP contribution in [-0.2, 0) is 6.54 Å². The molecule has 0 saturated carbocycles. The van der Waals surface area contributed by atoms with Gasteiger partial charge in [-0.2, -0.15) is 0 Å². The van der Waals surface area contributed by atoms with Crippen LogP contribution in [0.4, 0.5) is 0 Å². The first kappa shape index (κ1) is 11.5. The molecule has 90 valence electrons. The van der Waals surface area contributed by atoms with E-state index in [1.54, 1.807) is 6.07 Å². The van der Waals surface area contributed by atoms with Crippen molar-refractivity contribution >= 4 is 34.9 Å². The Hall–Kier alpha value is -1.58. The number of hydrogen-bond donors (Lipinski definition) is 0. The largest absolute Gasteiger partial charge is 0.429 e. The molecule has 0 aliphatic heterocycles. The highest BCUT2D eigenvalue weighted by Crippen LogP contribution is 2.22. The summed E-state index contributed by atoms with van der Waals surface area (Å²) in [7, 11) is 0. The lowest BCUT2D eigenvalue weighted by molar-refractivity contribution is 0.548. The highest BCUT2D eigenvalue weighted by atomic mass is 35.5. The zero-order chi connectivity index (χ0) is 12.5. The Morgan fingerprint density at radius 1 is 1.11 bits per heavy atom. The molecule has 0 atom stereocenters. The van der Waals surface area contributed by atoms with Crippen LogP contribution in [0, 0.1) is 4.84 Å². The molecule has 0 aliphatic rings. The Bertz CT molecular complexity index is 745. The SMILES string of the molecule is S=c1oc2ccc(Cl)cc2n1Cc1ccccc1. The Morgan fingerprint density at radius 2 is 1.89 bits per heavy atom. The number of halogens is 1. The van der Waals surface area contributed by atoms with E-state index < -0.39 is 0 Å². The molecule has 2 aromatic carbocycles. The normalized spacial score (nSPS) is 10.9. The quantitative estimate of drug-likeness (QED) is 0.633. The number of aromatic nitrogens is 1. The minimum absolute atomic E-state index is 0.469. The summed E-state index contributed by atoms with van der Waals surface area (Å²) in [6.07, 6.45) is 0. The van der Waals surface area contributed by atoms with Crippen molar-refractivity contribution in [1.82, 2.24) is 4.57 Å². The van der Waals surface area contributed by atoms with Crippen LogP contribution < -0.4 is 0 Å². The van der Waals surface area contributed by atoms with Crippen LogP contribution in [0.2, 0.25) is 5.02 Å². The molecule has 2 nitrogen and oxygen atoms in total. The molecule has 3 aromatic rings. The van der Waals surface area contributed by atoms with Crippen LogP contribution in [0.3, 0.4) is 0 Å². The maximum atomic E-state index is 6.01. The van der Waals surface area contributed by atoms with Crippen molar-refractivity contribution < 1.29 is 4.42 Å². The predicted octanol–water partition coefficient (Wildman–Crippen LogP) is 4.67. The van der Waals surface area contributed by atoms with Gasteiger partial charge in [-0.25, -0.2) is 0 Å². The Morgan fingerprint density at radius 3 is 2.67 bits per heavy atom. The van der Waals surface area contributed by atoms with Crippen molar-refractivity contribution in [3.63, 3.8) is 0 Å². The molecule has 0 N–H and O–H groups in total. The van der Waals surface area contributed by atoms with Crippen molar-refractivity contribution in [2.45, 2.75) is 6.54 Å². The molecular weight excluding hydrogens is 266 g/mol. The second-order valence-electron chi connectivity index (χ2n) is 4.05. The standard InChI is InChI=1S/C14H10ClNOS/c15-11-6-7-13-12(8-11)16(14(18)17-13)9-10-4-2-1-3-5-10/h1-8H,9H2. The van der Waals surface area contributed by atoms with E-state index in [-0.39, 0.29) is 0 Å². The summed E-state index contributed by atoms with van der Waals surface area (Å²) in [5, 5.41) is 0.681. The van der Waals surface area contributed by atoms with Gasteiger partial charge in [0.15, 0.2) is 5.58 Å². The van der Waals surface area contributed by atoms with E-state index in [2.05, 4.69) is 12.1 Å². The molecule has 3 rings (SSSR count). The van der Waals surface area contributed by atoms with Crippen LogP contribution in [0.25, 0.3) is 11.1 Å². The van der Waals surface area contributed by atoms with Crippen molar-refractivity contribution in [3.05, 3.63) is 64.0 Å². The summed E-state index contributed by atoms with van der Waals surface area (Å²) in [6.45, 7) is 0.688. The van der Waals surface area contributed by atoms with Gasteiger partial charge >= 0.3 is 0 Å². The Labute approximate surface area is 114 Å². The molecule has 0 amide bonds. The number of nitrogens with zero attached hydrogens (tertiary/aromatic N) is 1. The van der Waals surface area contributed by atoms with E-state index in [0.29, 0.717) is 16.4 Å². The van der Waals surface area contributed by atoms with Crippen molar-refractivity contribution in [1.29, 1.82) is 0 Å². The summed E-state index contributed by atoms with van der Waals surface area (Å²) < 4.78 is 7.50. The van der Waals surface area contributed by atoms with E-state index in [4.69, 9.17) is 28.2 Å². The second-order valence-corrected chi connectivity index (χ2v) is 4.84. The van der Waals surface area contributed by atoms with E-state index in [0.717, 1.165) is 11.1 Å². The zero-order valence-electron chi connectivity index (χ0n) is 9.47. The van der Waals surface area contributed by atoms with Crippen molar-refractivity contribution in [3.8, 4) is 0 Å². The average Bonchev–Trinajstić information content (AvgIpc) is 2.67. The minimum atomic E-state index is 0.469. The maximum Gasteiger partial charge on any atom is 0.269 e. The molecule has 1 heterocycles. The molecule has 0 bridgehead atoms.